The summed E-state index contributed by atoms with van der Waals surface area (Å²) >= 11 is 3.43. The SMILES string of the molecule is O=C(/C=C/c1cccc(Br)c1)OC1c2ccccc2-c2ccccc21. The second-order valence-electron chi connectivity index (χ2n) is 5.88. The Morgan fingerprint density at radius 2 is 1.52 bits per heavy atom. The number of halogens is 1. The highest BCUT2D eigenvalue weighted by atomic mass is 79.9. The first-order valence-corrected chi connectivity index (χ1v) is 8.84. The molecule has 2 nitrogen and oxygen atoms in total. The van der Waals surface area contributed by atoms with Crippen molar-refractivity contribution < 1.29 is 9.53 Å². The molecular weight excluding hydrogens is 376 g/mol. The molecule has 0 amide bonds. The lowest BCUT2D eigenvalue weighted by Gasteiger charge is -2.13. The zero-order valence-electron chi connectivity index (χ0n) is 13.4. The van der Waals surface area contributed by atoms with E-state index in [4.69, 9.17) is 4.74 Å². The minimum Gasteiger partial charge on any atom is -0.449 e. The van der Waals surface area contributed by atoms with Gasteiger partial charge in [0.25, 0.3) is 0 Å². The maximum absolute atomic E-state index is 12.4. The first kappa shape index (κ1) is 15.9. The van der Waals surface area contributed by atoms with Gasteiger partial charge in [-0.2, -0.15) is 0 Å². The number of hydrogen-bond acceptors (Lipinski definition) is 2. The fraction of sp³-hybridized carbons (Fsp3) is 0.0455. The van der Waals surface area contributed by atoms with E-state index in [0.29, 0.717) is 0 Å². The highest BCUT2D eigenvalue weighted by Crippen LogP contribution is 2.45. The van der Waals surface area contributed by atoms with E-state index in [-0.39, 0.29) is 12.1 Å². The lowest BCUT2D eigenvalue weighted by Crippen LogP contribution is -2.08. The fourth-order valence-corrected chi connectivity index (χ4v) is 3.58. The molecule has 3 aromatic rings. The first-order chi connectivity index (χ1) is 12.2. The van der Waals surface area contributed by atoms with Crippen molar-refractivity contribution in [3.05, 3.63) is 100 Å². The summed E-state index contributed by atoms with van der Waals surface area (Å²) in [6, 6.07) is 23.9. The summed E-state index contributed by atoms with van der Waals surface area (Å²) in [6.07, 6.45) is 2.89. The van der Waals surface area contributed by atoms with Gasteiger partial charge in [0.1, 0.15) is 0 Å². The third-order valence-electron chi connectivity index (χ3n) is 4.27. The molecule has 4 rings (SSSR count). The molecule has 1 aliphatic rings. The third kappa shape index (κ3) is 3.15. The molecular formula is C22H15BrO2. The van der Waals surface area contributed by atoms with E-state index in [9.17, 15) is 4.79 Å². The number of carbonyl (C=O) groups is 1. The van der Waals surface area contributed by atoms with Gasteiger partial charge in [-0.05, 0) is 34.9 Å². The van der Waals surface area contributed by atoms with E-state index in [2.05, 4.69) is 28.1 Å². The average Bonchev–Trinajstić information content (AvgIpc) is 2.95. The molecule has 0 fully saturated rings. The van der Waals surface area contributed by atoms with E-state index in [0.717, 1.165) is 32.3 Å². The second kappa shape index (κ2) is 6.69. The van der Waals surface area contributed by atoms with Gasteiger partial charge in [-0.3, -0.25) is 0 Å². The minimum absolute atomic E-state index is 0.350. The van der Waals surface area contributed by atoms with Crippen LogP contribution >= 0.6 is 15.9 Å². The van der Waals surface area contributed by atoms with Gasteiger partial charge < -0.3 is 4.74 Å². The molecule has 0 unspecified atom stereocenters. The van der Waals surface area contributed by atoms with Crippen molar-refractivity contribution in [2.24, 2.45) is 0 Å². The molecule has 0 saturated heterocycles. The smallest absolute Gasteiger partial charge is 0.331 e. The Kier molecular flexibility index (Phi) is 4.24. The van der Waals surface area contributed by atoms with Crippen molar-refractivity contribution in [1.29, 1.82) is 0 Å². The molecule has 0 N–H and O–H groups in total. The van der Waals surface area contributed by atoms with E-state index < -0.39 is 0 Å². The van der Waals surface area contributed by atoms with Crippen LogP contribution in [0.15, 0.2) is 83.3 Å². The largest absolute Gasteiger partial charge is 0.449 e. The standard InChI is InChI=1S/C22H15BrO2/c23-16-7-5-6-15(14-16)12-13-21(24)25-22-19-10-3-1-8-17(19)18-9-2-4-11-20(18)22/h1-14,22H/b13-12+. The normalized spacial score (nSPS) is 12.8. The van der Waals surface area contributed by atoms with Crippen LogP contribution in [-0.2, 0) is 9.53 Å². The average molecular weight is 391 g/mol. The predicted molar refractivity (Wildman–Crippen MR) is 103 cm³/mol. The van der Waals surface area contributed by atoms with E-state index in [1.54, 1.807) is 6.08 Å². The topological polar surface area (TPSA) is 26.3 Å². The summed E-state index contributed by atoms with van der Waals surface area (Å²) in [5.74, 6) is -0.350. The van der Waals surface area contributed by atoms with Crippen LogP contribution in [0.25, 0.3) is 17.2 Å². The van der Waals surface area contributed by atoms with Crippen LogP contribution < -0.4 is 0 Å². The van der Waals surface area contributed by atoms with Crippen LogP contribution in [0.3, 0.4) is 0 Å². The Balaban J connectivity index is 1.59. The van der Waals surface area contributed by atoms with Crippen molar-refractivity contribution in [2.75, 3.05) is 0 Å². The van der Waals surface area contributed by atoms with Gasteiger partial charge >= 0.3 is 5.97 Å². The summed E-state index contributed by atoms with van der Waals surface area (Å²) in [5.41, 5.74) is 5.28. The molecule has 0 aromatic heterocycles. The maximum atomic E-state index is 12.4. The molecule has 0 atom stereocenters. The van der Waals surface area contributed by atoms with Gasteiger partial charge in [-0.25, -0.2) is 4.79 Å². The lowest BCUT2D eigenvalue weighted by molar-refractivity contribution is -0.141. The third-order valence-corrected chi connectivity index (χ3v) is 4.76. The molecule has 0 heterocycles. The summed E-state index contributed by atoms with van der Waals surface area (Å²) in [4.78, 5) is 12.4. The van der Waals surface area contributed by atoms with Crippen LogP contribution in [0.2, 0.25) is 0 Å². The van der Waals surface area contributed by atoms with Crippen LogP contribution in [0, 0.1) is 0 Å². The predicted octanol–water partition coefficient (Wildman–Crippen LogP) is 5.78. The number of ether oxygens (including phenoxy) is 1. The fourth-order valence-electron chi connectivity index (χ4n) is 3.17. The number of fused-ring (bicyclic) bond motifs is 3. The van der Waals surface area contributed by atoms with Crippen LogP contribution in [-0.4, -0.2) is 5.97 Å². The Hall–Kier alpha value is -2.65. The summed E-state index contributed by atoms with van der Waals surface area (Å²) in [7, 11) is 0. The lowest BCUT2D eigenvalue weighted by atomic mass is 10.1. The van der Waals surface area contributed by atoms with Crippen molar-refractivity contribution >= 4 is 28.0 Å². The highest BCUT2D eigenvalue weighted by molar-refractivity contribution is 9.10. The van der Waals surface area contributed by atoms with Gasteiger partial charge in [0.2, 0.25) is 0 Å². The molecule has 0 saturated carbocycles. The quantitative estimate of drug-likeness (QED) is 0.418. The van der Waals surface area contributed by atoms with Crippen molar-refractivity contribution in [3.8, 4) is 11.1 Å². The summed E-state index contributed by atoms with van der Waals surface area (Å²) < 4.78 is 6.75. The van der Waals surface area contributed by atoms with Gasteiger partial charge in [-0.15, -0.1) is 0 Å². The number of rotatable bonds is 3. The Labute approximate surface area is 154 Å². The molecule has 3 heteroatoms. The van der Waals surface area contributed by atoms with Gasteiger partial charge in [0.15, 0.2) is 6.10 Å². The van der Waals surface area contributed by atoms with Crippen molar-refractivity contribution in [1.82, 2.24) is 0 Å². The molecule has 1 aliphatic carbocycles. The Bertz CT molecular complexity index is 930. The number of hydrogen-bond donors (Lipinski definition) is 0. The Morgan fingerprint density at radius 1 is 0.880 bits per heavy atom. The van der Waals surface area contributed by atoms with Crippen LogP contribution in [0.4, 0.5) is 0 Å². The second-order valence-corrected chi connectivity index (χ2v) is 6.80. The zero-order valence-corrected chi connectivity index (χ0v) is 14.9. The van der Waals surface area contributed by atoms with Gasteiger partial charge in [0, 0.05) is 21.7 Å². The molecule has 0 bridgehead atoms. The maximum Gasteiger partial charge on any atom is 0.331 e. The van der Waals surface area contributed by atoms with Crippen LogP contribution in [0.1, 0.15) is 22.8 Å². The number of benzene rings is 3. The molecule has 3 aromatic carbocycles. The van der Waals surface area contributed by atoms with E-state index >= 15 is 0 Å². The first-order valence-electron chi connectivity index (χ1n) is 8.05. The monoisotopic (exact) mass is 390 g/mol. The molecule has 0 spiro atoms. The van der Waals surface area contributed by atoms with Gasteiger partial charge in [0.05, 0.1) is 0 Å². The minimum atomic E-state index is -0.355. The summed E-state index contributed by atoms with van der Waals surface area (Å²) in [5, 5.41) is 0. The van der Waals surface area contributed by atoms with Crippen LogP contribution in [0.5, 0.6) is 0 Å². The van der Waals surface area contributed by atoms with Crippen molar-refractivity contribution in [2.45, 2.75) is 6.10 Å². The van der Waals surface area contributed by atoms with E-state index in [1.165, 1.54) is 6.08 Å². The number of esters is 1. The zero-order chi connectivity index (χ0) is 17.2. The molecule has 122 valence electrons. The highest BCUT2D eigenvalue weighted by Gasteiger charge is 2.30. The van der Waals surface area contributed by atoms with Crippen molar-refractivity contribution in [3.63, 3.8) is 0 Å². The van der Waals surface area contributed by atoms with E-state index in [1.807, 2.05) is 60.7 Å². The number of carbonyl (C=O) groups excluding carboxylic acids is 1. The molecule has 0 radical (unpaired) electrons. The van der Waals surface area contributed by atoms with Gasteiger partial charge in [-0.1, -0.05) is 76.6 Å². The Morgan fingerprint density at radius 3 is 2.16 bits per heavy atom. The molecule has 0 aliphatic heterocycles. The summed E-state index contributed by atoms with van der Waals surface area (Å²) in [6.45, 7) is 0. The molecule has 25 heavy (non-hydrogen) atoms.